The molecule has 4 rings (SSSR count). The Morgan fingerprint density at radius 3 is 2.69 bits per heavy atom. The number of carbonyl (C=O) groups excluding carboxylic acids is 1. The van der Waals surface area contributed by atoms with Gasteiger partial charge in [-0.3, -0.25) is 4.79 Å². The molecule has 4 nitrogen and oxygen atoms in total. The zero-order valence-electron chi connectivity index (χ0n) is 15.0. The van der Waals surface area contributed by atoms with Crippen LogP contribution in [-0.2, 0) is 4.79 Å². The number of likely N-dealkylation sites (tertiary alicyclic amines) is 1. The Morgan fingerprint density at radius 2 is 1.92 bits per heavy atom. The molecule has 2 atom stereocenters. The summed E-state index contributed by atoms with van der Waals surface area (Å²) in [5.74, 6) is 1.30. The zero-order valence-corrected chi connectivity index (χ0v) is 15.0. The van der Waals surface area contributed by atoms with Gasteiger partial charge in [-0.2, -0.15) is 0 Å². The molecular formula is C22H23N3O. The summed E-state index contributed by atoms with van der Waals surface area (Å²) >= 11 is 0. The Balaban J connectivity index is 1.80. The fourth-order valence-corrected chi connectivity index (χ4v) is 3.92. The first kappa shape index (κ1) is 16.6. The summed E-state index contributed by atoms with van der Waals surface area (Å²) in [4.78, 5) is 19.2. The Bertz CT molecular complexity index is 944. The number of fused-ring (bicyclic) bond motifs is 1. The van der Waals surface area contributed by atoms with Gasteiger partial charge in [-0.25, -0.2) is 4.98 Å². The predicted molar refractivity (Wildman–Crippen MR) is 104 cm³/mol. The molecule has 2 aromatic carbocycles. The molecule has 0 bridgehead atoms. The van der Waals surface area contributed by atoms with Gasteiger partial charge in [-0.05, 0) is 24.6 Å². The quantitative estimate of drug-likeness (QED) is 0.652. The van der Waals surface area contributed by atoms with Crippen molar-refractivity contribution in [3.8, 4) is 0 Å². The number of benzene rings is 2. The van der Waals surface area contributed by atoms with Crippen molar-refractivity contribution in [2.45, 2.75) is 25.3 Å². The molecule has 1 amide bonds. The molecule has 1 aliphatic rings. The molecule has 1 aromatic heterocycles. The molecule has 0 aliphatic carbocycles. The van der Waals surface area contributed by atoms with Crippen molar-refractivity contribution < 1.29 is 4.79 Å². The lowest BCUT2D eigenvalue weighted by Crippen LogP contribution is -2.25. The van der Waals surface area contributed by atoms with Gasteiger partial charge in [0, 0.05) is 25.4 Å². The SMILES string of the molecule is C=CCN1CC(c2nc3ccccc3n2C(C)c2ccccc2)CC1=O. The molecule has 0 spiro atoms. The van der Waals surface area contributed by atoms with Crippen molar-refractivity contribution in [1.29, 1.82) is 0 Å². The first-order chi connectivity index (χ1) is 12.7. The van der Waals surface area contributed by atoms with Crippen molar-refractivity contribution in [3.05, 3.63) is 78.6 Å². The van der Waals surface area contributed by atoms with E-state index in [-0.39, 0.29) is 17.9 Å². The van der Waals surface area contributed by atoms with Crippen molar-refractivity contribution in [2.24, 2.45) is 0 Å². The van der Waals surface area contributed by atoms with Crippen molar-refractivity contribution in [2.75, 3.05) is 13.1 Å². The maximum absolute atomic E-state index is 12.4. The number of imidazole rings is 1. The van der Waals surface area contributed by atoms with Crippen molar-refractivity contribution in [1.82, 2.24) is 14.5 Å². The second-order valence-electron chi connectivity index (χ2n) is 6.90. The number of carbonyl (C=O) groups is 1. The number of hydrogen-bond donors (Lipinski definition) is 0. The molecule has 0 saturated carbocycles. The summed E-state index contributed by atoms with van der Waals surface area (Å²) in [6.45, 7) is 7.27. The molecule has 1 aliphatic heterocycles. The van der Waals surface area contributed by atoms with Gasteiger partial charge >= 0.3 is 0 Å². The number of amides is 1. The summed E-state index contributed by atoms with van der Waals surface area (Å²) in [5.41, 5.74) is 3.34. The summed E-state index contributed by atoms with van der Waals surface area (Å²) in [6.07, 6.45) is 2.30. The molecule has 4 heteroatoms. The molecule has 3 aromatic rings. The molecule has 2 unspecified atom stereocenters. The first-order valence-corrected chi connectivity index (χ1v) is 9.09. The topological polar surface area (TPSA) is 38.1 Å². The third-order valence-electron chi connectivity index (χ3n) is 5.22. The monoisotopic (exact) mass is 345 g/mol. The largest absolute Gasteiger partial charge is 0.338 e. The average molecular weight is 345 g/mol. The third kappa shape index (κ3) is 2.81. The minimum atomic E-state index is 0.112. The van der Waals surface area contributed by atoms with Gasteiger partial charge in [0.15, 0.2) is 0 Å². The lowest BCUT2D eigenvalue weighted by atomic mass is 10.0. The number of aromatic nitrogens is 2. The molecule has 1 fully saturated rings. The maximum atomic E-state index is 12.4. The van der Waals surface area contributed by atoms with Crippen LogP contribution in [0.3, 0.4) is 0 Å². The fourth-order valence-electron chi connectivity index (χ4n) is 3.92. The van der Waals surface area contributed by atoms with Crippen molar-refractivity contribution >= 4 is 16.9 Å². The summed E-state index contributed by atoms with van der Waals surface area (Å²) in [6, 6.07) is 18.8. The van der Waals surface area contributed by atoms with Gasteiger partial charge in [-0.1, -0.05) is 48.5 Å². The molecule has 2 heterocycles. The maximum Gasteiger partial charge on any atom is 0.223 e. The van der Waals surface area contributed by atoms with E-state index < -0.39 is 0 Å². The molecule has 1 saturated heterocycles. The first-order valence-electron chi connectivity index (χ1n) is 9.09. The number of rotatable bonds is 5. The van der Waals surface area contributed by atoms with Gasteiger partial charge in [0.05, 0.1) is 17.1 Å². The predicted octanol–water partition coefficient (Wildman–Crippen LogP) is 4.15. The zero-order chi connectivity index (χ0) is 18.1. The lowest BCUT2D eigenvalue weighted by Gasteiger charge is -2.21. The van der Waals surface area contributed by atoms with Gasteiger partial charge in [0.2, 0.25) is 5.91 Å². The molecule has 132 valence electrons. The van der Waals surface area contributed by atoms with E-state index in [1.54, 1.807) is 6.08 Å². The number of para-hydroxylation sites is 2. The summed E-state index contributed by atoms with van der Waals surface area (Å²) in [5, 5.41) is 0. The van der Waals surface area contributed by atoms with E-state index in [0.717, 1.165) is 16.9 Å². The molecule has 26 heavy (non-hydrogen) atoms. The summed E-state index contributed by atoms with van der Waals surface area (Å²) in [7, 11) is 0. The highest BCUT2D eigenvalue weighted by molar-refractivity contribution is 5.81. The van der Waals surface area contributed by atoms with Crippen LogP contribution >= 0.6 is 0 Å². The van der Waals surface area contributed by atoms with Crippen molar-refractivity contribution in [3.63, 3.8) is 0 Å². The van der Waals surface area contributed by atoms with E-state index in [1.165, 1.54) is 5.56 Å². The highest BCUT2D eigenvalue weighted by atomic mass is 16.2. The second-order valence-corrected chi connectivity index (χ2v) is 6.90. The van der Waals surface area contributed by atoms with E-state index in [2.05, 4.69) is 48.4 Å². The highest BCUT2D eigenvalue weighted by Crippen LogP contribution is 2.34. The van der Waals surface area contributed by atoms with Crippen LogP contribution in [0.15, 0.2) is 67.3 Å². The van der Waals surface area contributed by atoms with Gasteiger partial charge in [-0.15, -0.1) is 6.58 Å². The van der Waals surface area contributed by atoms with Gasteiger partial charge in [0.1, 0.15) is 5.82 Å². The second kappa shape index (κ2) is 6.79. The standard InChI is InChI=1S/C22H23N3O/c1-3-13-24-15-18(14-21(24)26)22-23-19-11-7-8-12-20(19)25(22)16(2)17-9-5-4-6-10-17/h3-12,16,18H,1,13-15H2,2H3. The lowest BCUT2D eigenvalue weighted by molar-refractivity contribution is -0.127. The van der Waals surface area contributed by atoms with E-state index in [9.17, 15) is 4.79 Å². The fraction of sp³-hybridized carbons (Fsp3) is 0.273. The highest BCUT2D eigenvalue weighted by Gasteiger charge is 2.34. The average Bonchev–Trinajstić information content (AvgIpc) is 3.23. The molecule has 0 radical (unpaired) electrons. The smallest absolute Gasteiger partial charge is 0.223 e. The van der Waals surface area contributed by atoms with Crippen LogP contribution in [0.1, 0.15) is 36.7 Å². The minimum absolute atomic E-state index is 0.112. The van der Waals surface area contributed by atoms with Gasteiger partial charge in [0.25, 0.3) is 0 Å². The van der Waals surface area contributed by atoms with E-state index in [4.69, 9.17) is 4.98 Å². The Morgan fingerprint density at radius 1 is 1.19 bits per heavy atom. The number of nitrogens with zero attached hydrogens (tertiary/aromatic N) is 3. The minimum Gasteiger partial charge on any atom is -0.338 e. The summed E-state index contributed by atoms with van der Waals surface area (Å²) < 4.78 is 2.31. The van der Waals surface area contributed by atoms with E-state index in [1.807, 2.05) is 29.2 Å². The van der Waals surface area contributed by atoms with Crippen LogP contribution in [-0.4, -0.2) is 33.4 Å². The van der Waals surface area contributed by atoms with Gasteiger partial charge < -0.3 is 9.47 Å². The van der Waals surface area contributed by atoms with Crippen LogP contribution in [0.2, 0.25) is 0 Å². The Labute approximate surface area is 153 Å². The van der Waals surface area contributed by atoms with Crippen LogP contribution in [0.4, 0.5) is 0 Å². The molecule has 0 N–H and O–H groups in total. The van der Waals surface area contributed by atoms with Crippen LogP contribution in [0, 0.1) is 0 Å². The third-order valence-corrected chi connectivity index (χ3v) is 5.22. The van der Waals surface area contributed by atoms with E-state index in [0.29, 0.717) is 19.5 Å². The van der Waals surface area contributed by atoms with Crippen LogP contribution in [0.5, 0.6) is 0 Å². The normalized spacial score (nSPS) is 18.4. The Kier molecular flexibility index (Phi) is 4.33. The number of hydrogen-bond acceptors (Lipinski definition) is 2. The van der Waals surface area contributed by atoms with Crippen LogP contribution in [0.25, 0.3) is 11.0 Å². The van der Waals surface area contributed by atoms with Crippen LogP contribution < -0.4 is 0 Å². The van der Waals surface area contributed by atoms with E-state index >= 15 is 0 Å². The molecular weight excluding hydrogens is 322 g/mol. The Hall–Kier alpha value is -2.88.